The van der Waals surface area contributed by atoms with E-state index in [-0.39, 0.29) is 22.6 Å². The van der Waals surface area contributed by atoms with Crippen LogP contribution in [0.15, 0.2) is 35.5 Å². The number of amides is 1. The second kappa shape index (κ2) is 5.45. The first-order valence-electron chi connectivity index (χ1n) is 5.33. The Morgan fingerprint density at radius 1 is 1.32 bits per heavy atom. The third-order valence-electron chi connectivity index (χ3n) is 2.19. The minimum atomic E-state index is -3.44. The van der Waals surface area contributed by atoms with Gasteiger partial charge < -0.3 is 5.32 Å². The van der Waals surface area contributed by atoms with Crippen molar-refractivity contribution in [3.05, 3.63) is 35.9 Å². The smallest absolute Gasteiger partial charge is 0.260 e. The monoisotopic (exact) mass is 297 g/mol. The molecule has 2 aromatic rings. The van der Waals surface area contributed by atoms with E-state index in [4.69, 9.17) is 0 Å². The number of sulfone groups is 1. The summed E-state index contributed by atoms with van der Waals surface area (Å²) in [6.07, 6.45) is 1.22. The molecule has 0 radical (unpaired) electrons. The van der Waals surface area contributed by atoms with Gasteiger partial charge in [0.25, 0.3) is 5.16 Å². The lowest BCUT2D eigenvalue weighted by atomic mass is 10.1. The fourth-order valence-electron chi connectivity index (χ4n) is 1.36. The zero-order chi connectivity index (χ0) is 13.9. The normalized spacial score (nSPS) is 11.2. The van der Waals surface area contributed by atoms with Crippen molar-refractivity contribution in [1.82, 2.24) is 9.36 Å². The maximum atomic E-state index is 11.7. The summed E-state index contributed by atoms with van der Waals surface area (Å²) in [7, 11) is -3.44. The molecule has 0 aliphatic heterocycles. The molecule has 0 atom stereocenters. The number of anilines is 1. The van der Waals surface area contributed by atoms with Crippen LogP contribution >= 0.6 is 11.5 Å². The van der Waals surface area contributed by atoms with Gasteiger partial charge >= 0.3 is 0 Å². The first kappa shape index (κ1) is 13.6. The predicted octanol–water partition coefficient (Wildman–Crippen LogP) is 1.12. The van der Waals surface area contributed by atoms with Crippen LogP contribution in [-0.4, -0.2) is 29.9 Å². The molecule has 0 saturated heterocycles. The van der Waals surface area contributed by atoms with Gasteiger partial charge in [0.15, 0.2) is 0 Å². The third kappa shape index (κ3) is 3.83. The fourth-order valence-corrected chi connectivity index (χ4v) is 2.82. The molecule has 0 aliphatic rings. The number of nitrogens with one attached hydrogen (secondary N) is 1. The standard InChI is InChI=1S/C11H11N3O3S2/c1-19(16,17)11-13-10(18-14-11)12-9(15)7-8-5-3-2-4-6-8/h2-6H,7H2,1H3,(H,12,13,14,15). The van der Waals surface area contributed by atoms with Gasteiger partial charge in [0.2, 0.25) is 20.9 Å². The lowest BCUT2D eigenvalue weighted by Crippen LogP contribution is -2.14. The van der Waals surface area contributed by atoms with E-state index >= 15 is 0 Å². The summed E-state index contributed by atoms with van der Waals surface area (Å²) in [5, 5.41) is 2.44. The van der Waals surface area contributed by atoms with Crippen LogP contribution in [0, 0.1) is 0 Å². The van der Waals surface area contributed by atoms with Gasteiger partial charge in [0.1, 0.15) is 0 Å². The van der Waals surface area contributed by atoms with Crippen molar-refractivity contribution < 1.29 is 13.2 Å². The Morgan fingerprint density at radius 3 is 2.58 bits per heavy atom. The average molecular weight is 297 g/mol. The number of nitrogens with zero attached hydrogens (tertiary/aromatic N) is 2. The van der Waals surface area contributed by atoms with Crippen molar-refractivity contribution in [3.8, 4) is 0 Å². The Balaban J connectivity index is 2.02. The van der Waals surface area contributed by atoms with Crippen LogP contribution in [0.4, 0.5) is 5.13 Å². The number of carbonyl (C=O) groups excluding carboxylic acids is 1. The molecular formula is C11H11N3O3S2. The van der Waals surface area contributed by atoms with E-state index in [0.717, 1.165) is 23.4 Å². The molecule has 1 N–H and O–H groups in total. The highest BCUT2D eigenvalue weighted by Crippen LogP contribution is 2.14. The molecular weight excluding hydrogens is 286 g/mol. The second-order valence-electron chi connectivity index (χ2n) is 3.86. The zero-order valence-corrected chi connectivity index (χ0v) is 11.7. The highest BCUT2D eigenvalue weighted by atomic mass is 32.2. The molecule has 0 saturated carbocycles. The molecule has 1 aromatic carbocycles. The van der Waals surface area contributed by atoms with Crippen LogP contribution in [0.1, 0.15) is 5.56 Å². The first-order valence-corrected chi connectivity index (χ1v) is 7.99. The van der Waals surface area contributed by atoms with Gasteiger partial charge in [-0.15, -0.1) is 0 Å². The molecule has 1 amide bonds. The molecule has 19 heavy (non-hydrogen) atoms. The van der Waals surface area contributed by atoms with Gasteiger partial charge in [-0.05, 0) is 5.56 Å². The summed E-state index contributed by atoms with van der Waals surface area (Å²) < 4.78 is 26.1. The summed E-state index contributed by atoms with van der Waals surface area (Å²) in [6, 6.07) is 9.22. The molecule has 1 heterocycles. The minimum absolute atomic E-state index is 0.182. The summed E-state index contributed by atoms with van der Waals surface area (Å²) >= 11 is 0.843. The predicted molar refractivity (Wildman–Crippen MR) is 71.8 cm³/mol. The highest BCUT2D eigenvalue weighted by molar-refractivity contribution is 7.90. The highest BCUT2D eigenvalue weighted by Gasteiger charge is 2.15. The van der Waals surface area contributed by atoms with Crippen molar-refractivity contribution in [2.75, 3.05) is 11.6 Å². The van der Waals surface area contributed by atoms with Crippen molar-refractivity contribution >= 4 is 32.4 Å². The molecule has 0 spiro atoms. The molecule has 2 rings (SSSR count). The minimum Gasteiger partial charge on any atom is -0.300 e. The first-order chi connectivity index (χ1) is 8.95. The molecule has 6 nitrogen and oxygen atoms in total. The molecule has 100 valence electrons. The molecule has 0 unspecified atom stereocenters. The van der Waals surface area contributed by atoms with E-state index in [1.54, 1.807) is 0 Å². The van der Waals surface area contributed by atoms with E-state index in [2.05, 4.69) is 14.7 Å². The van der Waals surface area contributed by atoms with Gasteiger partial charge in [0, 0.05) is 17.8 Å². The van der Waals surface area contributed by atoms with E-state index in [0.29, 0.717) is 0 Å². The lowest BCUT2D eigenvalue weighted by Gasteiger charge is -2.00. The number of hydrogen-bond donors (Lipinski definition) is 1. The lowest BCUT2D eigenvalue weighted by molar-refractivity contribution is -0.115. The Morgan fingerprint density at radius 2 is 2.00 bits per heavy atom. The summed E-state index contributed by atoms with van der Waals surface area (Å²) in [5.74, 6) is -0.262. The fraction of sp³-hybridized carbons (Fsp3) is 0.182. The quantitative estimate of drug-likeness (QED) is 0.913. The van der Waals surface area contributed by atoms with Crippen molar-refractivity contribution in [1.29, 1.82) is 0 Å². The Hall–Kier alpha value is -1.80. The molecule has 0 bridgehead atoms. The van der Waals surface area contributed by atoms with Crippen LogP contribution in [0.5, 0.6) is 0 Å². The van der Waals surface area contributed by atoms with Crippen molar-refractivity contribution in [2.45, 2.75) is 11.6 Å². The van der Waals surface area contributed by atoms with Crippen molar-refractivity contribution in [3.63, 3.8) is 0 Å². The van der Waals surface area contributed by atoms with Crippen LogP contribution in [-0.2, 0) is 21.1 Å². The van der Waals surface area contributed by atoms with Crippen LogP contribution in [0.25, 0.3) is 0 Å². The van der Waals surface area contributed by atoms with Gasteiger partial charge in [-0.1, -0.05) is 30.3 Å². The molecule has 8 heteroatoms. The average Bonchev–Trinajstić information content (AvgIpc) is 2.78. The Bertz CT molecular complexity index is 680. The van der Waals surface area contributed by atoms with Gasteiger partial charge in [-0.3, -0.25) is 4.79 Å². The Labute approximate surface area is 114 Å². The maximum absolute atomic E-state index is 11.7. The van der Waals surface area contributed by atoms with Crippen LogP contribution in [0.3, 0.4) is 0 Å². The number of aromatic nitrogens is 2. The summed E-state index contributed by atoms with van der Waals surface area (Å²) in [4.78, 5) is 15.5. The number of benzene rings is 1. The summed E-state index contributed by atoms with van der Waals surface area (Å²) in [5.41, 5.74) is 0.868. The topological polar surface area (TPSA) is 89.0 Å². The van der Waals surface area contributed by atoms with Gasteiger partial charge in [-0.25, -0.2) is 8.42 Å². The van der Waals surface area contributed by atoms with Crippen molar-refractivity contribution in [2.24, 2.45) is 0 Å². The second-order valence-corrected chi connectivity index (χ2v) is 6.53. The molecule has 0 fully saturated rings. The zero-order valence-electron chi connectivity index (χ0n) is 10.0. The number of carbonyl (C=O) groups is 1. The van der Waals surface area contributed by atoms with Crippen LogP contribution in [0.2, 0.25) is 0 Å². The Kier molecular flexibility index (Phi) is 3.91. The largest absolute Gasteiger partial charge is 0.300 e. The maximum Gasteiger partial charge on any atom is 0.260 e. The van der Waals surface area contributed by atoms with E-state index in [1.165, 1.54) is 0 Å². The van der Waals surface area contributed by atoms with E-state index < -0.39 is 9.84 Å². The molecule has 0 aliphatic carbocycles. The van der Waals surface area contributed by atoms with Gasteiger partial charge in [0.05, 0.1) is 6.42 Å². The number of rotatable bonds is 4. The van der Waals surface area contributed by atoms with E-state index in [9.17, 15) is 13.2 Å². The SMILES string of the molecule is CS(=O)(=O)c1nsc(NC(=O)Cc2ccccc2)n1. The molecule has 1 aromatic heterocycles. The number of hydrogen-bond acceptors (Lipinski definition) is 6. The summed E-state index contributed by atoms with van der Waals surface area (Å²) in [6.45, 7) is 0. The third-order valence-corrected chi connectivity index (χ3v) is 3.78. The van der Waals surface area contributed by atoms with Gasteiger partial charge in [-0.2, -0.15) is 9.36 Å². The van der Waals surface area contributed by atoms with E-state index in [1.807, 2.05) is 30.3 Å². The van der Waals surface area contributed by atoms with Crippen LogP contribution < -0.4 is 5.32 Å².